The summed E-state index contributed by atoms with van der Waals surface area (Å²) in [5.74, 6) is -23.4. The summed E-state index contributed by atoms with van der Waals surface area (Å²) >= 11 is 0.674. The molecule has 0 unspecified atom stereocenters. The third-order valence-corrected chi connectivity index (χ3v) is 25.9. The van der Waals surface area contributed by atoms with E-state index in [2.05, 4.69) is 47.5 Å². The van der Waals surface area contributed by atoms with Gasteiger partial charge in [0.2, 0.25) is 88.6 Å². The molecule has 728 valence electrons. The zero-order valence-corrected chi connectivity index (χ0v) is 77.6. The maximum Gasteiger partial charge on any atom is 0.303 e. The molecule has 10 rings (SSSR count). The summed E-state index contributed by atoms with van der Waals surface area (Å²) in [5, 5.41) is 54.2. The fourth-order valence-electron chi connectivity index (χ4n) is 17.5. The third kappa shape index (κ3) is 27.9. The first-order chi connectivity index (χ1) is 64.2. The number of aromatic amines is 1. The topological polar surface area (TPSA) is 517 Å². The minimum absolute atomic E-state index is 0.0337. The van der Waals surface area contributed by atoms with Crippen LogP contribution in [0.3, 0.4) is 0 Å². The molecule has 40 heteroatoms. The number of amides is 15. The Hall–Kier alpha value is -13.0. The van der Waals surface area contributed by atoms with E-state index in [1.54, 1.807) is 119 Å². The molecule has 0 saturated carbocycles. The fourth-order valence-corrected chi connectivity index (χ4v) is 18.4. The largest absolute Gasteiger partial charge is 0.508 e. The van der Waals surface area contributed by atoms with Gasteiger partial charge in [-0.2, -0.15) is 0 Å². The van der Waals surface area contributed by atoms with E-state index in [1.807, 2.05) is 6.92 Å². The highest BCUT2D eigenvalue weighted by molar-refractivity contribution is 8.00. The highest BCUT2D eigenvalue weighted by Gasteiger charge is 2.51. The summed E-state index contributed by atoms with van der Waals surface area (Å²) in [4.78, 5) is 249. The molecular weight excluding hydrogens is 1770 g/mol. The Morgan fingerprint density at radius 1 is 0.541 bits per heavy atom. The molecule has 5 heterocycles. The molecule has 0 aliphatic carbocycles. The van der Waals surface area contributed by atoms with Crippen molar-refractivity contribution >= 4 is 117 Å². The number of nitrogens with zero attached hydrogens (tertiary/aromatic N) is 6. The number of carboxylic acid groups (broad SMARTS) is 1. The summed E-state index contributed by atoms with van der Waals surface area (Å²) in [6, 6.07) is 8.92. The van der Waals surface area contributed by atoms with Gasteiger partial charge in [0.1, 0.15) is 84.3 Å². The molecule has 15 amide bonds. The van der Waals surface area contributed by atoms with Crippen molar-refractivity contribution in [3.05, 3.63) is 173 Å². The summed E-state index contributed by atoms with van der Waals surface area (Å²) in [7, 11) is 3.78. The number of aliphatic hydroxyl groups is 1. The Labute approximate surface area is 784 Å². The lowest BCUT2D eigenvalue weighted by molar-refractivity contribution is -0.154. The molecule has 0 spiro atoms. The van der Waals surface area contributed by atoms with Gasteiger partial charge in [-0.3, -0.25) is 76.7 Å². The average molecular weight is 1900 g/mol. The maximum absolute atomic E-state index is 15.8. The van der Waals surface area contributed by atoms with Gasteiger partial charge in [-0.15, -0.1) is 11.8 Å². The maximum atomic E-state index is 15.8. The van der Waals surface area contributed by atoms with Crippen molar-refractivity contribution < 1.29 is 105 Å². The molecule has 0 radical (unpaired) electrons. The van der Waals surface area contributed by atoms with Crippen LogP contribution in [0, 0.1) is 29.3 Å². The minimum Gasteiger partial charge on any atom is -0.508 e. The number of phenols is 1. The number of aliphatic hydroxyl groups excluding tert-OH is 1. The van der Waals surface area contributed by atoms with Crippen LogP contribution < -0.4 is 54.0 Å². The zero-order chi connectivity index (χ0) is 98.3. The molecular formula is C95H122F3N17O19S. The summed E-state index contributed by atoms with van der Waals surface area (Å²) < 4.78 is 45.2. The van der Waals surface area contributed by atoms with Gasteiger partial charge >= 0.3 is 5.97 Å². The number of likely N-dealkylation sites (N-methyl/N-ethyl adjacent to an activating group) is 3. The number of halogens is 3. The first-order valence-corrected chi connectivity index (χ1v) is 46.5. The van der Waals surface area contributed by atoms with Gasteiger partial charge in [-0.25, -0.2) is 13.2 Å². The van der Waals surface area contributed by atoms with E-state index in [4.69, 9.17) is 11.5 Å². The van der Waals surface area contributed by atoms with Crippen LogP contribution in [0.15, 0.2) is 128 Å². The average Bonchev–Trinajstić information content (AvgIpc) is 1.62. The number of fused-ring (bicyclic) bond motifs is 4. The number of nitrogens with two attached hydrogens (primary N) is 2. The van der Waals surface area contributed by atoms with Crippen LogP contribution in [0.2, 0.25) is 0 Å². The predicted octanol–water partition coefficient (Wildman–Crippen LogP) is 2.06. The molecule has 36 nitrogen and oxygen atoms in total. The number of H-pyrrole nitrogens is 1. The first kappa shape index (κ1) is 104. The lowest BCUT2D eigenvalue weighted by Gasteiger charge is -2.38. The molecule has 6 aromatic rings. The zero-order valence-electron chi connectivity index (χ0n) is 76.7. The molecule has 16 N–H and O–H groups in total. The van der Waals surface area contributed by atoms with Crippen molar-refractivity contribution in [3.8, 4) is 5.75 Å². The second-order valence-electron chi connectivity index (χ2n) is 35.8. The Morgan fingerprint density at radius 2 is 1.10 bits per heavy atom. The van der Waals surface area contributed by atoms with Crippen LogP contribution in [0.1, 0.15) is 133 Å². The van der Waals surface area contributed by atoms with E-state index < -0.39 is 258 Å². The number of carboxylic acids is 1. The number of para-hydroxylation sites is 1. The molecule has 4 fully saturated rings. The number of phenolic OH excluding ortho intramolecular Hbond substituents is 1. The van der Waals surface area contributed by atoms with Crippen molar-refractivity contribution in [1.82, 2.24) is 76.9 Å². The normalized spacial score (nSPS) is 25.1. The molecule has 1 aromatic heterocycles. The van der Waals surface area contributed by atoms with Crippen molar-refractivity contribution in [1.29, 1.82) is 0 Å². The number of aromatic nitrogens is 1. The van der Waals surface area contributed by atoms with E-state index in [0.29, 0.717) is 76.3 Å². The molecule has 5 aromatic carbocycles. The monoisotopic (exact) mass is 1890 g/mol. The summed E-state index contributed by atoms with van der Waals surface area (Å²) in [6.45, 7) is 6.80. The third-order valence-electron chi connectivity index (χ3n) is 24.8. The number of nitrogens with one attached hydrogen (secondary N) is 9. The van der Waals surface area contributed by atoms with Crippen LogP contribution in [-0.2, 0) is 109 Å². The minimum atomic E-state index is -1.87. The second-order valence-corrected chi connectivity index (χ2v) is 36.8. The second kappa shape index (κ2) is 48.3. The number of rotatable bonds is 22. The molecule has 4 aliphatic heterocycles. The van der Waals surface area contributed by atoms with Gasteiger partial charge in [0.25, 0.3) is 0 Å². The van der Waals surface area contributed by atoms with Crippen molar-refractivity contribution in [2.75, 3.05) is 58.8 Å². The van der Waals surface area contributed by atoms with E-state index in [1.165, 1.54) is 50.3 Å². The molecule has 4 aliphatic rings. The number of carbonyl (C=O) groups excluding carboxylic acids is 15. The van der Waals surface area contributed by atoms with Gasteiger partial charge in [-0.05, 0) is 115 Å². The predicted molar refractivity (Wildman–Crippen MR) is 491 cm³/mol. The van der Waals surface area contributed by atoms with Crippen LogP contribution in [0.4, 0.5) is 13.2 Å². The van der Waals surface area contributed by atoms with Gasteiger partial charge in [0.15, 0.2) is 17.5 Å². The number of carbonyl (C=O) groups is 16. The Bertz CT molecular complexity index is 5250. The summed E-state index contributed by atoms with van der Waals surface area (Å²) in [5.41, 5.74) is 14.1. The number of aromatic hydroxyl groups is 1. The van der Waals surface area contributed by atoms with Crippen LogP contribution in [0.5, 0.6) is 5.75 Å². The molecule has 135 heavy (non-hydrogen) atoms. The van der Waals surface area contributed by atoms with Crippen LogP contribution in [-0.4, -0.2) is 294 Å². The van der Waals surface area contributed by atoms with Gasteiger partial charge in [-0.1, -0.05) is 138 Å². The number of hydrogen-bond donors (Lipinski definition) is 14. The first-order valence-electron chi connectivity index (χ1n) is 45.4. The highest BCUT2D eigenvalue weighted by Crippen LogP contribution is 2.31. The van der Waals surface area contributed by atoms with E-state index in [0.717, 1.165) is 24.5 Å². The Kier molecular flexibility index (Phi) is 37.2. The number of benzene rings is 5. The highest BCUT2D eigenvalue weighted by atomic mass is 32.2. The molecule has 4 saturated heterocycles. The quantitative estimate of drug-likeness (QED) is 0.0433. The number of primary amides is 1. The van der Waals surface area contributed by atoms with E-state index >= 15 is 66.3 Å². The smallest absolute Gasteiger partial charge is 0.303 e. The van der Waals surface area contributed by atoms with Gasteiger partial charge in [0, 0.05) is 115 Å². The Balaban J connectivity index is 1.06. The molecule has 0 bridgehead atoms. The number of hydrogen-bond acceptors (Lipinski definition) is 20. The van der Waals surface area contributed by atoms with E-state index in [9.17, 15) is 38.9 Å². The van der Waals surface area contributed by atoms with E-state index in [-0.39, 0.29) is 88.6 Å². The Morgan fingerprint density at radius 3 is 1.73 bits per heavy atom. The fraction of sp³-hybridized carbons (Fsp3) is 0.495. The standard InChI is InChI=1S/C95H122F3N17O19S/c1-9-10-27-73-93(132)115-49-61(117)45-77(115)94(133)114-48-59(99)44-75(114)89(128)109-82(53(4)5)95(134)111(7)74(41-54-21-13-11-14-22-54)88(127)104-66(33-34-80(120)121)91(130)113-35-20-19-28-72(113)87(126)107-69(43-58-46-101-65-26-18-17-25-62(58)65)86(125)106-68(39-56-29-31-60(116)32-30-56)85(124)105-67(36-52(2)3)84(123)108-71(83(122)102-47-78(100)118)50-135-51-79(119)103-70(40-57-37-63(96)81(98)64(97)38-57)90(129)112(8)76(92(131)110(73)6)42-55-23-15-12-16-24-55/h11-18,21-26,29-32,37-38,46,52-53,59,61,66-77,82,101,116-117H,9-10,19-20,27-28,33-36,39-45,47-51,99H2,1-8H3,(H2,100,118)(H,102,122)(H,103,119)(H,104,127)(H,105,124)(H,106,125)(H,107,126)(H,108,123)(H,109,128)(H,120,121)/t59-,61-,66+,67+,68+,69-,70+,71+,72-,73+,74+,75+,76+,77-,82+/m1/s1. The van der Waals surface area contributed by atoms with Crippen LogP contribution in [0.25, 0.3) is 10.9 Å². The lowest BCUT2D eigenvalue weighted by atomic mass is 9.97. The number of thioether (sulfide) groups is 1. The van der Waals surface area contributed by atoms with Crippen molar-refractivity contribution in [2.45, 2.75) is 228 Å². The SMILES string of the molecule is CCCC[C@H]1C(=O)N2C[C@H](O)C[C@@H]2C(=O)N2C[C@H](N)C[C@H]2C(=O)N[C@@H](C(C)C)C(=O)N(C)[C@@H](Cc2ccccc2)C(=O)N[C@@H](CCC(=O)O)C(=O)N2CCCC[C@@H]2C(=O)N[C@H](Cc2c[nH]c3ccccc23)C(=O)N[C@@H](Cc2ccc(O)cc2)C(=O)N[C@@H](CC(C)C)C(=O)N[C@H](C(=O)NCC(N)=O)CSCC(=O)N[C@@H](Cc2cc(F)c(F)c(F)c2)C(=O)N(C)[C@@H](Cc2ccccc2)C(=O)N1C. The van der Waals surface area contributed by atoms with Gasteiger partial charge in [0.05, 0.1) is 18.4 Å². The molecule has 15 atom stereocenters. The number of piperidine rings is 1. The summed E-state index contributed by atoms with van der Waals surface area (Å²) in [6.07, 6.45) is -2.39. The number of aliphatic carboxylic acids is 1. The van der Waals surface area contributed by atoms with Crippen molar-refractivity contribution in [2.24, 2.45) is 23.3 Å². The van der Waals surface area contributed by atoms with Gasteiger partial charge < -0.3 is 104 Å². The van der Waals surface area contributed by atoms with Crippen LogP contribution >= 0.6 is 11.8 Å². The number of unbranched alkanes of at least 4 members (excludes halogenated alkanes) is 1. The van der Waals surface area contributed by atoms with Crippen molar-refractivity contribution in [3.63, 3.8) is 0 Å². The lowest BCUT2D eigenvalue weighted by Crippen LogP contribution is -2.62.